The van der Waals surface area contributed by atoms with Gasteiger partial charge in [-0.1, -0.05) is 53.4 Å². The zero-order valence-corrected chi connectivity index (χ0v) is 14.4. The molecule has 2 rings (SSSR count). The molecule has 2 aliphatic rings. The maximum atomic E-state index is 3.96. The molecule has 0 aromatic carbocycles. The molecule has 3 atom stereocenters. The van der Waals surface area contributed by atoms with Gasteiger partial charge < -0.3 is 5.32 Å². The van der Waals surface area contributed by atoms with E-state index in [0.29, 0.717) is 5.41 Å². The minimum absolute atomic E-state index is 0.617. The third-order valence-corrected chi connectivity index (χ3v) is 5.95. The summed E-state index contributed by atoms with van der Waals surface area (Å²) in [6, 6.07) is 0.792. The van der Waals surface area contributed by atoms with E-state index in [1.54, 1.807) is 0 Å². The first-order valence-electron chi connectivity index (χ1n) is 9.31. The first-order valence-corrected chi connectivity index (χ1v) is 9.31. The Hall–Kier alpha value is -0.0400. The molecule has 2 fully saturated rings. The molecule has 0 aromatic heterocycles. The molecule has 118 valence electrons. The van der Waals surface area contributed by atoms with E-state index in [2.05, 4.69) is 33.0 Å². The number of hydrogen-bond donors (Lipinski definition) is 1. The second-order valence-electron chi connectivity index (χ2n) is 8.23. The zero-order chi connectivity index (χ0) is 14.6. The highest BCUT2D eigenvalue weighted by Crippen LogP contribution is 2.50. The lowest BCUT2D eigenvalue weighted by molar-refractivity contribution is 0.0815. The summed E-state index contributed by atoms with van der Waals surface area (Å²) in [6.07, 6.45) is 13.2. The van der Waals surface area contributed by atoms with E-state index >= 15 is 0 Å². The molecule has 3 unspecified atom stereocenters. The van der Waals surface area contributed by atoms with E-state index in [4.69, 9.17) is 0 Å². The molecule has 20 heavy (non-hydrogen) atoms. The Morgan fingerprint density at radius 1 is 1.10 bits per heavy atom. The molecule has 1 N–H and O–H groups in total. The minimum Gasteiger partial charge on any atom is -0.313 e. The lowest BCUT2D eigenvalue weighted by Gasteiger charge is -2.46. The molecular formula is C19H37N. The standard InChI is InChI=1S/C19H37N/c1-5-20-18(17-10-8-9-16(4)13-17)19(14-15(2)3)11-6-7-12-19/h15-18,20H,5-14H2,1-4H3. The van der Waals surface area contributed by atoms with Crippen molar-refractivity contribution in [3.05, 3.63) is 0 Å². The van der Waals surface area contributed by atoms with Crippen molar-refractivity contribution in [2.24, 2.45) is 23.2 Å². The average molecular weight is 280 g/mol. The van der Waals surface area contributed by atoms with Crippen LogP contribution in [0.25, 0.3) is 0 Å². The highest BCUT2D eigenvalue weighted by atomic mass is 14.9. The van der Waals surface area contributed by atoms with Gasteiger partial charge in [0.25, 0.3) is 0 Å². The quantitative estimate of drug-likeness (QED) is 0.686. The lowest BCUT2D eigenvalue weighted by Crippen LogP contribution is -2.50. The summed E-state index contributed by atoms with van der Waals surface area (Å²) in [5.74, 6) is 2.73. The molecule has 2 saturated carbocycles. The van der Waals surface area contributed by atoms with Gasteiger partial charge in [0.15, 0.2) is 0 Å². The molecule has 1 heteroatoms. The van der Waals surface area contributed by atoms with Crippen molar-refractivity contribution in [3.8, 4) is 0 Å². The summed E-state index contributed by atoms with van der Waals surface area (Å²) in [7, 11) is 0. The smallest absolute Gasteiger partial charge is 0.0152 e. The maximum Gasteiger partial charge on any atom is 0.0152 e. The van der Waals surface area contributed by atoms with Crippen LogP contribution in [-0.2, 0) is 0 Å². The van der Waals surface area contributed by atoms with Gasteiger partial charge in [-0.3, -0.25) is 0 Å². The third-order valence-electron chi connectivity index (χ3n) is 5.95. The van der Waals surface area contributed by atoms with E-state index in [-0.39, 0.29) is 0 Å². The fraction of sp³-hybridized carbons (Fsp3) is 1.00. The molecule has 0 aromatic rings. The van der Waals surface area contributed by atoms with Crippen molar-refractivity contribution in [3.63, 3.8) is 0 Å². The molecule has 0 aliphatic heterocycles. The van der Waals surface area contributed by atoms with Crippen LogP contribution >= 0.6 is 0 Å². The van der Waals surface area contributed by atoms with Crippen LogP contribution in [0.4, 0.5) is 0 Å². The van der Waals surface area contributed by atoms with Gasteiger partial charge >= 0.3 is 0 Å². The second kappa shape index (κ2) is 7.29. The minimum atomic E-state index is 0.617. The second-order valence-corrected chi connectivity index (χ2v) is 8.23. The first-order chi connectivity index (χ1) is 9.57. The number of rotatable bonds is 6. The summed E-state index contributed by atoms with van der Waals surface area (Å²) in [5.41, 5.74) is 0.617. The molecular weight excluding hydrogens is 242 g/mol. The van der Waals surface area contributed by atoms with Crippen LogP contribution in [0.2, 0.25) is 0 Å². The van der Waals surface area contributed by atoms with Crippen LogP contribution in [0.3, 0.4) is 0 Å². The van der Waals surface area contributed by atoms with Crippen LogP contribution in [0.15, 0.2) is 0 Å². The van der Waals surface area contributed by atoms with E-state index in [1.165, 1.54) is 57.8 Å². The normalized spacial score (nSPS) is 31.6. The van der Waals surface area contributed by atoms with Crippen molar-refractivity contribution in [1.82, 2.24) is 5.32 Å². The van der Waals surface area contributed by atoms with Crippen LogP contribution in [0.1, 0.15) is 85.5 Å². The molecule has 0 radical (unpaired) electrons. The summed E-state index contributed by atoms with van der Waals surface area (Å²) < 4.78 is 0. The topological polar surface area (TPSA) is 12.0 Å². The summed E-state index contributed by atoms with van der Waals surface area (Å²) >= 11 is 0. The Morgan fingerprint density at radius 3 is 2.35 bits per heavy atom. The van der Waals surface area contributed by atoms with Gasteiger partial charge in [0, 0.05) is 6.04 Å². The van der Waals surface area contributed by atoms with Crippen LogP contribution in [0.5, 0.6) is 0 Å². The number of nitrogens with one attached hydrogen (secondary N) is 1. The molecule has 0 bridgehead atoms. The van der Waals surface area contributed by atoms with E-state index in [0.717, 1.165) is 30.3 Å². The molecule has 0 heterocycles. The Morgan fingerprint density at radius 2 is 1.80 bits per heavy atom. The highest BCUT2D eigenvalue weighted by Gasteiger charge is 2.45. The summed E-state index contributed by atoms with van der Waals surface area (Å²) in [4.78, 5) is 0. The van der Waals surface area contributed by atoms with Crippen LogP contribution < -0.4 is 5.32 Å². The fourth-order valence-electron chi connectivity index (χ4n) is 5.42. The van der Waals surface area contributed by atoms with Crippen molar-refractivity contribution in [2.75, 3.05) is 6.54 Å². The largest absolute Gasteiger partial charge is 0.313 e. The number of hydrogen-bond acceptors (Lipinski definition) is 1. The fourth-order valence-corrected chi connectivity index (χ4v) is 5.42. The van der Waals surface area contributed by atoms with Gasteiger partial charge in [0.05, 0.1) is 0 Å². The molecule has 0 amide bonds. The van der Waals surface area contributed by atoms with Crippen LogP contribution in [0, 0.1) is 23.2 Å². The summed E-state index contributed by atoms with van der Waals surface area (Å²) in [6.45, 7) is 10.8. The van der Waals surface area contributed by atoms with Gasteiger partial charge in [-0.15, -0.1) is 0 Å². The lowest BCUT2D eigenvalue weighted by atomic mass is 9.64. The predicted octanol–water partition coefficient (Wildman–Crippen LogP) is 5.40. The van der Waals surface area contributed by atoms with Gasteiger partial charge in [0.1, 0.15) is 0 Å². The zero-order valence-electron chi connectivity index (χ0n) is 14.4. The van der Waals surface area contributed by atoms with Crippen LogP contribution in [-0.4, -0.2) is 12.6 Å². The molecule has 0 saturated heterocycles. The Balaban J connectivity index is 2.15. The predicted molar refractivity (Wildman–Crippen MR) is 88.9 cm³/mol. The first kappa shape index (κ1) is 16.3. The van der Waals surface area contributed by atoms with Crippen molar-refractivity contribution in [1.29, 1.82) is 0 Å². The SMILES string of the molecule is CCNC(C1CCCC(C)C1)C1(CC(C)C)CCCC1. The van der Waals surface area contributed by atoms with Gasteiger partial charge in [0.2, 0.25) is 0 Å². The Labute approximate surface area is 127 Å². The van der Waals surface area contributed by atoms with Crippen molar-refractivity contribution < 1.29 is 0 Å². The van der Waals surface area contributed by atoms with Gasteiger partial charge in [-0.05, 0) is 61.8 Å². The van der Waals surface area contributed by atoms with Gasteiger partial charge in [-0.25, -0.2) is 0 Å². The van der Waals surface area contributed by atoms with Crippen molar-refractivity contribution >= 4 is 0 Å². The van der Waals surface area contributed by atoms with E-state index in [9.17, 15) is 0 Å². The summed E-state index contributed by atoms with van der Waals surface area (Å²) in [5, 5.41) is 3.96. The van der Waals surface area contributed by atoms with Crippen molar-refractivity contribution in [2.45, 2.75) is 91.5 Å². The maximum absolute atomic E-state index is 3.96. The van der Waals surface area contributed by atoms with E-state index < -0.39 is 0 Å². The molecule has 1 nitrogen and oxygen atoms in total. The molecule has 2 aliphatic carbocycles. The monoisotopic (exact) mass is 279 g/mol. The van der Waals surface area contributed by atoms with E-state index in [1.807, 2.05) is 0 Å². The van der Waals surface area contributed by atoms with Gasteiger partial charge in [-0.2, -0.15) is 0 Å². The third kappa shape index (κ3) is 3.78. The highest BCUT2D eigenvalue weighted by molar-refractivity contribution is 4.99. The Bertz CT molecular complexity index is 277. The molecule has 0 spiro atoms. The Kier molecular flexibility index (Phi) is 5.95. The average Bonchev–Trinajstić information content (AvgIpc) is 2.84.